The van der Waals surface area contributed by atoms with Crippen molar-refractivity contribution < 1.29 is 9.94 Å². The lowest BCUT2D eigenvalue weighted by molar-refractivity contribution is 0.00461. The highest BCUT2D eigenvalue weighted by Gasteiger charge is 2.19. The monoisotopic (exact) mass is 262 g/mol. The van der Waals surface area contributed by atoms with Gasteiger partial charge in [-0.1, -0.05) is 49.2 Å². The molecule has 19 heavy (non-hydrogen) atoms. The molecule has 1 saturated carbocycles. The average molecular weight is 262 g/mol. The molecule has 0 amide bonds. The van der Waals surface area contributed by atoms with Crippen LogP contribution in [0.2, 0.25) is 0 Å². The van der Waals surface area contributed by atoms with Crippen LogP contribution in [0.25, 0.3) is 0 Å². The highest BCUT2D eigenvalue weighted by atomic mass is 16.5. The van der Waals surface area contributed by atoms with Gasteiger partial charge in [0.1, 0.15) is 0 Å². The van der Waals surface area contributed by atoms with E-state index in [9.17, 15) is 0 Å². The molecule has 3 N–H and O–H groups in total. The zero-order chi connectivity index (χ0) is 13.7. The second-order valence-electron chi connectivity index (χ2n) is 5.35. The fourth-order valence-electron chi connectivity index (χ4n) is 2.69. The number of oxime groups is 1. The van der Waals surface area contributed by atoms with Crippen LogP contribution < -0.4 is 5.73 Å². The maximum atomic E-state index is 8.79. The molecule has 2 rings (SSSR count). The summed E-state index contributed by atoms with van der Waals surface area (Å²) in [5.41, 5.74) is 7.38. The minimum absolute atomic E-state index is 0.135. The highest BCUT2D eigenvalue weighted by Crippen LogP contribution is 2.26. The molecule has 104 valence electrons. The van der Waals surface area contributed by atoms with Crippen LogP contribution in [0.15, 0.2) is 29.4 Å². The molecule has 1 aliphatic rings. The van der Waals surface area contributed by atoms with Gasteiger partial charge in [0.25, 0.3) is 0 Å². The molecule has 2 atom stereocenters. The van der Waals surface area contributed by atoms with Gasteiger partial charge in [-0.2, -0.15) is 0 Å². The highest BCUT2D eigenvalue weighted by molar-refractivity contribution is 5.98. The molecule has 0 aromatic heterocycles. The van der Waals surface area contributed by atoms with Crippen LogP contribution in [0, 0.1) is 5.92 Å². The van der Waals surface area contributed by atoms with E-state index in [2.05, 4.69) is 12.1 Å². The summed E-state index contributed by atoms with van der Waals surface area (Å²) in [4.78, 5) is 0. The Morgan fingerprint density at radius 1 is 1.42 bits per heavy atom. The van der Waals surface area contributed by atoms with Gasteiger partial charge in [0.2, 0.25) is 0 Å². The molecule has 0 aliphatic heterocycles. The lowest BCUT2D eigenvalue weighted by Gasteiger charge is -2.27. The standard InChI is InChI=1S/C15H22N2O2/c1-11-5-4-7-13(9-11)19-10-12-6-2-3-8-14(12)15(16)17-18/h2-3,6,8,11,13,18H,4-5,7,9-10H2,1H3,(H2,16,17). The molecule has 0 spiro atoms. The minimum Gasteiger partial charge on any atom is -0.409 e. The number of benzene rings is 1. The summed E-state index contributed by atoms with van der Waals surface area (Å²) in [5, 5.41) is 11.9. The predicted molar refractivity (Wildman–Crippen MR) is 75.2 cm³/mol. The summed E-state index contributed by atoms with van der Waals surface area (Å²) < 4.78 is 5.98. The molecule has 0 saturated heterocycles. The molecule has 1 aromatic carbocycles. The van der Waals surface area contributed by atoms with Gasteiger partial charge in [0.05, 0.1) is 12.7 Å². The molecule has 4 nitrogen and oxygen atoms in total. The second-order valence-corrected chi connectivity index (χ2v) is 5.35. The minimum atomic E-state index is 0.135. The first-order chi connectivity index (χ1) is 9.20. The Kier molecular flexibility index (Phi) is 4.80. The normalized spacial score (nSPS) is 24.4. The Hall–Kier alpha value is -1.55. The fourth-order valence-corrected chi connectivity index (χ4v) is 2.69. The Morgan fingerprint density at radius 3 is 2.95 bits per heavy atom. The quantitative estimate of drug-likeness (QED) is 0.379. The van der Waals surface area contributed by atoms with E-state index in [0.717, 1.165) is 29.9 Å². The lowest BCUT2D eigenvalue weighted by Crippen LogP contribution is -2.22. The summed E-state index contributed by atoms with van der Waals surface area (Å²) in [6.07, 6.45) is 5.15. The summed E-state index contributed by atoms with van der Waals surface area (Å²) in [6, 6.07) is 7.62. The Morgan fingerprint density at radius 2 is 2.21 bits per heavy atom. The third kappa shape index (κ3) is 3.70. The first-order valence-corrected chi connectivity index (χ1v) is 6.88. The van der Waals surface area contributed by atoms with E-state index in [4.69, 9.17) is 15.7 Å². The van der Waals surface area contributed by atoms with Crippen LogP contribution in [-0.4, -0.2) is 17.1 Å². The van der Waals surface area contributed by atoms with Crippen molar-refractivity contribution in [1.29, 1.82) is 0 Å². The van der Waals surface area contributed by atoms with Gasteiger partial charge >= 0.3 is 0 Å². The van der Waals surface area contributed by atoms with Crippen molar-refractivity contribution in [2.45, 2.75) is 45.3 Å². The Balaban J connectivity index is 1.99. The van der Waals surface area contributed by atoms with Crippen molar-refractivity contribution in [2.75, 3.05) is 0 Å². The van der Waals surface area contributed by atoms with Gasteiger partial charge in [-0.15, -0.1) is 0 Å². The summed E-state index contributed by atoms with van der Waals surface area (Å²) in [7, 11) is 0. The van der Waals surface area contributed by atoms with Crippen molar-refractivity contribution >= 4 is 5.84 Å². The average Bonchev–Trinajstić information content (AvgIpc) is 2.45. The summed E-state index contributed by atoms with van der Waals surface area (Å²) in [5.74, 6) is 0.884. The maximum absolute atomic E-state index is 8.79. The zero-order valence-corrected chi connectivity index (χ0v) is 11.4. The van der Waals surface area contributed by atoms with Crippen molar-refractivity contribution in [3.63, 3.8) is 0 Å². The van der Waals surface area contributed by atoms with Crippen molar-refractivity contribution in [3.8, 4) is 0 Å². The van der Waals surface area contributed by atoms with Gasteiger partial charge in [-0.25, -0.2) is 0 Å². The van der Waals surface area contributed by atoms with Gasteiger partial charge in [0.15, 0.2) is 5.84 Å². The van der Waals surface area contributed by atoms with Crippen molar-refractivity contribution in [3.05, 3.63) is 35.4 Å². The third-order valence-corrected chi connectivity index (χ3v) is 3.76. The topological polar surface area (TPSA) is 67.8 Å². The number of rotatable bonds is 4. The van der Waals surface area contributed by atoms with E-state index in [1.165, 1.54) is 12.8 Å². The molecular weight excluding hydrogens is 240 g/mol. The first kappa shape index (κ1) is 13.9. The maximum Gasteiger partial charge on any atom is 0.170 e. The van der Waals surface area contributed by atoms with E-state index >= 15 is 0 Å². The molecule has 0 radical (unpaired) electrons. The largest absolute Gasteiger partial charge is 0.409 e. The predicted octanol–water partition coefficient (Wildman–Crippen LogP) is 2.88. The van der Waals surface area contributed by atoms with E-state index < -0.39 is 0 Å². The second kappa shape index (κ2) is 6.57. The van der Waals surface area contributed by atoms with Crippen LogP contribution in [0.3, 0.4) is 0 Å². The molecule has 2 unspecified atom stereocenters. The van der Waals surface area contributed by atoms with Crippen LogP contribution in [0.5, 0.6) is 0 Å². The number of nitrogens with two attached hydrogens (primary N) is 1. The van der Waals surface area contributed by atoms with Crippen LogP contribution >= 0.6 is 0 Å². The van der Waals surface area contributed by atoms with Gasteiger partial charge in [0, 0.05) is 5.56 Å². The van der Waals surface area contributed by atoms with Crippen LogP contribution in [0.1, 0.15) is 43.7 Å². The number of nitrogens with zero attached hydrogens (tertiary/aromatic N) is 1. The van der Waals surface area contributed by atoms with E-state index in [1.807, 2.05) is 24.3 Å². The molecule has 1 aromatic rings. The molecule has 0 heterocycles. The van der Waals surface area contributed by atoms with Gasteiger partial charge in [-0.3, -0.25) is 0 Å². The van der Waals surface area contributed by atoms with E-state index in [-0.39, 0.29) is 5.84 Å². The third-order valence-electron chi connectivity index (χ3n) is 3.76. The molecule has 4 heteroatoms. The molecule has 1 aliphatic carbocycles. The van der Waals surface area contributed by atoms with Gasteiger partial charge < -0.3 is 15.7 Å². The fraction of sp³-hybridized carbons (Fsp3) is 0.533. The SMILES string of the molecule is CC1CCCC(OCc2ccccc2/C(N)=N/O)C1. The Labute approximate surface area is 114 Å². The summed E-state index contributed by atoms with van der Waals surface area (Å²) in [6.45, 7) is 2.80. The van der Waals surface area contributed by atoms with Crippen LogP contribution in [0.4, 0.5) is 0 Å². The van der Waals surface area contributed by atoms with Gasteiger partial charge in [-0.05, 0) is 24.3 Å². The zero-order valence-electron chi connectivity index (χ0n) is 11.4. The van der Waals surface area contributed by atoms with Crippen molar-refractivity contribution in [2.24, 2.45) is 16.8 Å². The lowest BCUT2D eigenvalue weighted by atomic mass is 9.89. The number of ether oxygens (including phenoxy) is 1. The molecular formula is C15H22N2O2. The Bertz CT molecular complexity index is 446. The van der Waals surface area contributed by atoms with Crippen LogP contribution in [-0.2, 0) is 11.3 Å². The first-order valence-electron chi connectivity index (χ1n) is 6.88. The number of amidine groups is 1. The molecule has 1 fully saturated rings. The molecule has 0 bridgehead atoms. The number of hydrogen-bond donors (Lipinski definition) is 2. The van der Waals surface area contributed by atoms with E-state index in [0.29, 0.717) is 12.7 Å². The number of hydrogen-bond acceptors (Lipinski definition) is 3. The van der Waals surface area contributed by atoms with E-state index in [1.54, 1.807) is 0 Å². The summed E-state index contributed by atoms with van der Waals surface area (Å²) >= 11 is 0. The van der Waals surface area contributed by atoms with Crippen molar-refractivity contribution in [1.82, 2.24) is 0 Å². The smallest absolute Gasteiger partial charge is 0.170 e.